The first-order valence-corrected chi connectivity index (χ1v) is 6.35. The molecule has 0 amide bonds. The van der Waals surface area contributed by atoms with Crippen LogP contribution in [0.25, 0.3) is 0 Å². The van der Waals surface area contributed by atoms with Crippen molar-refractivity contribution in [1.29, 1.82) is 0 Å². The van der Waals surface area contributed by atoms with Crippen molar-refractivity contribution < 1.29 is 9.64 Å². The van der Waals surface area contributed by atoms with Crippen LogP contribution >= 0.6 is 0 Å². The van der Waals surface area contributed by atoms with E-state index in [1.165, 1.54) is 18.7 Å². The number of rotatable bonds is 7. The summed E-state index contributed by atoms with van der Waals surface area (Å²) in [5.74, 6) is 1.01. The van der Waals surface area contributed by atoms with Gasteiger partial charge in [0.1, 0.15) is 18.9 Å². The van der Waals surface area contributed by atoms with Crippen LogP contribution in [0.5, 0.6) is 5.75 Å². The van der Waals surface area contributed by atoms with Crippen molar-refractivity contribution in [2.24, 2.45) is 0 Å². The molecule has 2 heteroatoms. The predicted octanol–water partition coefficient (Wildman–Crippen LogP) is 1.55. The average molecular weight is 222 g/mol. The van der Waals surface area contributed by atoms with Crippen LogP contribution in [0.4, 0.5) is 0 Å². The third-order valence-corrected chi connectivity index (χ3v) is 3.03. The monoisotopic (exact) mass is 222 g/mol. The molecular formula is C14H24NO+. The zero-order chi connectivity index (χ0) is 11.8. The fourth-order valence-corrected chi connectivity index (χ4v) is 1.77. The molecule has 0 heterocycles. The summed E-state index contributed by atoms with van der Waals surface area (Å²) < 4.78 is 5.76. The van der Waals surface area contributed by atoms with E-state index in [1.807, 2.05) is 6.07 Å². The van der Waals surface area contributed by atoms with Crippen molar-refractivity contribution in [3.8, 4) is 5.75 Å². The fraction of sp³-hybridized carbons (Fsp3) is 0.571. The summed E-state index contributed by atoms with van der Waals surface area (Å²) in [7, 11) is 0. The van der Waals surface area contributed by atoms with Gasteiger partial charge in [-0.15, -0.1) is 0 Å². The minimum absolute atomic E-state index is 0.810. The number of quaternary nitrogens is 1. The van der Waals surface area contributed by atoms with Gasteiger partial charge in [0.05, 0.1) is 13.1 Å². The molecule has 0 radical (unpaired) electrons. The molecule has 0 saturated heterocycles. The molecule has 0 saturated carbocycles. The molecule has 0 aliphatic carbocycles. The highest BCUT2D eigenvalue weighted by Crippen LogP contribution is 2.13. The summed E-state index contributed by atoms with van der Waals surface area (Å²) in [6, 6.07) is 8.38. The molecule has 2 nitrogen and oxygen atoms in total. The molecule has 90 valence electrons. The number of likely N-dealkylation sites (N-methyl/N-ethyl adjacent to an activating group) is 1. The Bertz CT molecular complexity index is 295. The smallest absolute Gasteiger partial charge is 0.137 e. The Hall–Kier alpha value is -1.02. The van der Waals surface area contributed by atoms with Crippen molar-refractivity contribution in [2.75, 3.05) is 26.2 Å². The van der Waals surface area contributed by atoms with Gasteiger partial charge in [0.2, 0.25) is 0 Å². The summed E-state index contributed by atoms with van der Waals surface area (Å²) in [5, 5.41) is 0. The molecule has 0 atom stereocenters. The number of hydrogen-bond acceptors (Lipinski definition) is 1. The lowest BCUT2D eigenvalue weighted by Gasteiger charge is -2.15. The quantitative estimate of drug-likeness (QED) is 0.739. The third kappa shape index (κ3) is 4.23. The third-order valence-electron chi connectivity index (χ3n) is 3.03. The van der Waals surface area contributed by atoms with Gasteiger partial charge in [-0.2, -0.15) is 0 Å². The molecule has 0 fully saturated rings. The molecule has 0 aliphatic heterocycles. The molecule has 16 heavy (non-hydrogen) atoms. The van der Waals surface area contributed by atoms with Gasteiger partial charge >= 0.3 is 0 Å². The van der Waals surface area contributed by atoms with E-state index >= 15 is 0 Å². The Morgan fingerprint density at radius 3 is 2.50 bits per heavy atom. The Morgan fingerprint density at radius 2 is 1.88 bits per heavy atom. The SMILES string of the molecule is CCc1cccc(OCC[NH+](CC)CC)c1. The number of ether oxygens (including phenoxy) is 1. The number of aryl methyl sites for hydroxylation is 1. The van der Waals surface area contributed by atoms with Crippen LogP contribution in [-0.4, -0.2) is 26.2 Å². The van der Waals surface area contributed by atoms with E-state index in [1.54, 1.807) is 4.90 Å². The maximum atomic E-state index is 5.76. The first-order valence-electron chi connectivity index (χ1n) is 6.35. The van der Waals surface area contributed by atoms with E-state index in [2.05, 4.69) is 39.0 Å². The van der Waals surface area contributed by atoms with Gasteiger partial charge in [-0.3, -0.25) is 0 Å². The fourth-order valence-electron chi connectivity index (χ4n) is 1.77. The predicted molar refractivity (Wildman–Crippen MR) is 68.2 cm³/mol. The molecular weight excluding hydrogens is 198 g/mol. The Morgan fingerprint density at radius 1 is 1.12 bits per heavy atom. The van der Waals surface area contributed by atoms with Crippen LogP contribution in [0.15, 0.2) is 24.3 Å². The van der Waals surface area contributed by atoms with E-state index in [9.17, 15) is 0 Å². The van der Waals surface area contributed by atoms with Crippen LogP contribution in [0, 0.1) is 0 Å². The highest BCUT2D eigenvalue weighted by molar-refractivity contribution is 5.28. The minimum atomic E-state index is 0.810. The maximum Gasteiger partial charge on any atom is 0.137 e. The van der Waals surface area contributed by atoms with Gasteiger partial charge < -0.3 is 9.64 Å². The zero-order valence-electron chi connectivity index (χ0n) is 10.8. The van der Waals surface area contributed by atoms with Crippen LogP contribution in [0.3, 0.4) is 0 Å². The molecule has 0 bridgehead atoms. The van der Waals surface area contributed by atoms with Crippen molar-refractivity contribution >= 4 is 0 Å². The lowest BCUT2D eigenvalue weighted by atomic mass is 10.2. The van der Waals surface area contributed by atoms with Gasteiger partial charge in [-0.1, -0.05) is 19.1 Å². The maximum absolute atomic E-state index is 5.76. The highest BCUT2D eigenvalue weighted by atomic mass is 16.5. The van der Waals surface area contributed by atoms with E-state index in [0.29, 0.717) is 0 Å². The van der Waals surface area contributed by atoms with Gasteiger partial charge in [-0.25, -0.2) is 0 Å². The Kier molecular flexibility index (Phi) is 5.94. The molecule has 0 aromatic heterocycles. The van der Waals surface area contributed by atoms with Gasteiger partial charge in [0, 0.05) is 0 Å². The van der Waals surface area contributed by atoms with E-state index < -0.39 is 0 Å². The second-order valence-electron chi connectivity index (χ2n) is 4.06. The minimum Gasteiger partial charge on any atom is -0.488 e. The van der Waals surface area contributed by atoms with Crippen molar-refractivity contribution in [1.82, 2.24) is 0 Å². The van der Waals surface area contributed by atoms with Gasteiger partial charge in [0.15, 0.2) is 0 Å². The molecule has 0 unspecified atom stereocenters. The largest absolute Gasteiger partial charge is 0.488 e. The second kappa shape index (κ2) is 7.29. The summed E-state index contributed by atoms with van der Waals surface area (Å²) in [6.07, 6.45) is 1.07. The molecule has 1 rings (SSSR count). The number of benzene rings is 1. The number of nitrogens with one attached hydrogen (secondary N) is 1. The Labute approximate surface area is 99.2 Å². The van der Waals surface area contributed by atoms with Gasteiger partial charge in [0.25, 0.3) is 0 Å². The lowest BCUT2D eigenvalue weighted by Crippen LogP contribution is -3.12. The summed E-state index contributed by atoms with van der Waals surface area (Å²) in [4.78, 5) is 1.59. The van der Waals surface area contributed by atoms with Crippen molar-refractivity contribution in [2.45, 2.75) is 27.2 Å². The van der Waals surface area contributed by atoms with Crippen LogP contribution in [0.1, 0.15) is 26.3 Å². The van der Waals surface area contributed by atoms with Crippen molar-refractivity contribution in [3.63, 3.8) is 0 Å². The average Bonchev–Trinajstić information content (AvgIpc) is 2.35. The molecule has 1 N–H and O–H groups in total. The van der Waals surface area contributed by atoms with Crippen LogP contribution in [0.2, 0.25) is 0 Å². The standard InChI is InChI=1S/C14H23NO/c1-4-13-8-7-9-14(12-13)16-11-10-15(5-2)6-3/h7-9,12H,4-6,10-11H2,1-3H3/p+1. The molecule has 0 spiro atoms. The summed E-state index contributed by atoms with van der Waals surface area (Å²) in [5.41, 5.74) is 1.34. The summed E-state index contributed by atoms with van der Waals surface area (Å²) in [6.45, 7) is 10.9. The highest BCUT2D eigenvalue weighted by Gasteiger charge is 2.02. The Balaban J connectivity index is 2.36. The van der Waals surface area contributed by atoms with Crippen molar-refractivity contribution in [3.05, 3.63) is 29.8 Å². The van der Waals surface area contributed by atoms with E-state index in [0.717, 1.165) is 25.3 Å². The van der Waals surface area contributed by atoms with Gasteiger partial charge in [-0.05, 0) is 38.0 Å². The molecule has 0 aliphatic rings. The van der Waals surface area contributed by atoms with Crippen LogP contribution in [-0.2, 0) is 6.42 Å². The number of hydrogen-bond donors (Lipinski definition) is 1. The van der Waals surface area contributed by atoms with E-state index in [4.69, 9.17) is 4.74 Å². The van der Waals surface area contributed by atoms with E-state index in [-0.39, 0.29) is 0 Å². The normalized spacial score (nSPS) is 10.8. The molecule has 1 aromatic carbocycles. The topological polar surface area (TPSA) is 13.7 Å². The first-order chi connectivity index (χ1) is 7.80. The van der Waals surface area contributed by atoms with Crippen LogP contribution < -0.4 is 9.64 Å². The second-order valence-corrected chi connectivity index (χ2v) is 4.06. The lowest BCUT2D eigenvalue weighted by molar-refractivity contribution is -0.896. The first kappa shape index (κ1) is 13.0. The summed E-state index contributed by atoms with van der Waals surface area (Å²) >= 11 is 0. The molecule has 1 aromatic rings. The zero-order valence-corrected chi connectivity index (χ0v) is 10.8.